The number of anilines is 1. The fraction of sp³-hybridized carbons (Fsp3) is 0.500. The van der Waals surface area contributed by atoms with Crippen molar-refractivity contribution in [1.82, 2.24) is 4.98 Å². The SMILES string of the molecule is CCN(CC(F)(F)F)c1ccc(CO)cn1. The lowest BCUT2D eigenvalue weighted by molar-refractivity contribution is -0.119. The number of aliphatic hydroxyl groups is 1. The molecular formula is C10H13F3N2O. The van der Waals surface area contributed by atoms with Gasteiger partial charge >= 0.3 is 6.18 Å². The van der Waals surface area contributed by atoms with Crippen molar-refractivity contribution in [3.8, 4) is 0 Å². The minimum absolute atomic E-state index is 0.168. The Morgan fingerprint density at radius 2 is 2.06 bits per heavy atom. The van der Waals surface area contributed by atoms with Gasteiger partial charge in [0.05, 0.1) is 6.61 Å². The third kappa shape index (κ3) is 3.69. The quantitative estimate of drug-likeness (QED) is 0.865. The Kier molecular flexibility index (Phi) is 4.12. The van der Waals surface area contributed by atoms with Gasteiger partial charge in [-0.05, 0) is 18.6 Å². The summed E-state index contributed by atoms with van der Waals surface area (Å²) in [5.41, 5.74) is 0.576. The number of pyridine rings is 1. The summed E-state index contributed by atoms with van der Waals surface area (Å²) in [5.74, 6) is 0.261. The van der Waals surface area contributed by atoms with Crippen molar-refractivity contribution in [3.63, 3.8) is 0 Å². The van der Waals surface area contributed by atoms with Crippen LogP contribution in [0.5, 0.6) is 0 Å². The maximum atomic E-state index is 12.2. The summed E-state index contributed by atoms with van der Waals surface area (Å²) < 4.78 is 36.6. The van der Waals surface area contributed by atoms with Crippen LogP contribution in [0, 0.1) is 0 Å². The van der Waals surface area contributed by atoms with Crippen molar-refractivity contribution in [2.75, 3.05) is 18.0 Å². The zero-order valence-corrected chi connectivity index (χ0v) is 8.83. The van der Waals surface area contributed by atoms with Crippen molar-refractivity contribution in [2.24, 2.45) is 0 Å². The summed E-state index contributed by atoms with van der Waals surface area (Å²) in [6, 6.07) is 3.03. The highest BCUT2D eigenvalue weighted by molar-refractivity contribution is 5.39. The number of hydrogen-bond acceptors (Lipinski definition) is 3. The van der Waals surface area contributed by atoms with Crippen LogP contribution < -0.4 is 4.90 Å². The van der Waals surface area contributed by atoms with E-state index in [-0.39, 0.29) is 19.0 Å². The summed E-state index contributed by atoms with van der Waals surface area (Å²) in [5, 5.41) is 8.78. The second kappa shape index (κ2) is 5.16. The van der Waals surface area contributed by atoms with Gasteiger partial charge in [0.2, 0.25) is 0 Å². The molecule has 0 aliphatic heterocycles. The number of nitrogens with zero attached hydrogens (tertiary/aromatic N) is 2. The van der Waals surface area contributed by atoms with Gasteiger partial charge in [0.15, 0.2) is 0 Å². The van der Waals surface area contributed by atoms with E-state index < -0.39 is 12.7 Å². The van der Waals surface area contributed by atoms with Crippen molar-refractivity contribution in [3.05, 3.63) is 23.9 Å². The van der Waals surface area contributed by atoms with Crippen LogP contribution in [0.2, 0.25) is 0 Å². The minimum Gasteiger partial charge on any atom is -0.392 e. The average molecular weight is 234 g/mol. The summed E-state index contributed by atoms with van der Waals surface area (Å²) in [6.45, 7) is 0.673. The molecule has 90 valence electrons. The molecule has 0 aliphatic rings. The van der Waals surface area contributed by atoms with E-state index in [1.54, 1.807) is 13.0 Å². The van der Waals surface area contributed by atoms with Crippen LogP contribution in [0.15, 0.2) is 18.3 Å². The standard InChI is InChI=1S/C10H13F3N2O/c1-2-15(7-10(11,12)13)9-4-3-8(6-16)5-14-9/h3-5,16H,2,6-7H2,1H3. The number of rotatable bonds is 4. The second-order valence-electron chi connectivity index (χ2n) is 3.31. The summed E-state index contributed by atoms with van der Waals surface area (Å²) in [4.78, 5) is 5.00. The van der Waals surface area contributed by atoms with Crippen molar-refractivity contribution < 1.29 is 18.3 Å². The third-order valence-corrected chi connectivity index (χ3v) is 2.07. The molecule has 1 N–H and O–H groups in total. The Balaban J connectivity index is 2.79. The third-order valence-electron chi connectivity index (χ3n) is 2.07. The Morgan fingerprint density at radius 3 is 2.44 bits per heavy atom. The number of aromatic nitrogens is 1. The topological polar surface area (TPSA) is 36.4 Å². The second-order valence-corrected chi connectivity index (χ2v) is 3.31. The molecule has 0 atom stereocenters. The zero-order valence-electron chi connectivity index (χ0n) is 8.83. The van der Waals surface area contributed by atoms with Crippen LogP contribution in [0.4, 0.5) is 19.0 Å². The van der Waals surface area contributed by atoms with Crippen LogP contribution in [0.3, 0.4) is 0 Å². The molecule has 3 nitrogen and oxygen atoms in total. The van der Waals surface area contributed by atoms with Crippen LogP contribution in [-0.4, -0.2) is 29.4 Å². The molecule has 1 aromatic heterocycles. The number of halogens is 3. The van der Waals surface area contributed by atoms with Gasteiger partial charge in [0, 0.05) is 12.7 Å². The molecule has 0 saturated heterocycles. The molecule has 0 unspecified atom stereocenters. The average Bonchev–Trinajstić information content (AvgIpc) is 2.25. The molecule has 6 heteroatoms. The molecule has 1 rings (SSSR count). The molecule has 0 spiro atoms. The first-order chi connectivity index (χ1) is 7.46. The van der Waals surface area contributed by atoms with E-state index in [4.69, 9.17) is 5.11 Å². The first kappa shape index (κ1) is 12.8. The van der Waals surface area contributed by atoms with Crippen molar-refractivity contribution in [2.45, 2.75) is 19.7 Å². The minimum atomic E-state index is -4.24. The Hall–Kier alpha value is -1.30. The van der Waals surface area contributed by atoms with E-state index in [0.717, 1.165) is 4.90 Å². The first-order valence-electron chi connectivity index (χ1n) is 4.83. The molecule has 0 fully saturated rings. The molecule has 0 aliphatic carbocycles. The molecular weight excluding hydrogens is 221 g/mol. The fourth-order valence-corrected chi connectivity index (χ4v) is 1.27. The number of hydrogen-bond donors (Lipinski definition) is 1. The van der Waals surface area contributed by atoms with Gasteiger partial charge in [-0.2, -0.15) is 13.2 Å². The maximum absolute atomic E-state index is 12.2. The lowest BCUT2D eigenvalue weighted by Crippen LogP contribution is -2.34. The fourth-order valence-electron chi connectivity index (χ4n) is 1.27. The van der Waals surface area contributed by atoms with Crippen LogP contribution in [0.25, 0.3) is 0 Å². The smallest absolute Gasteiger partial charge is 0.392 e. The van der Waals surface area contributed by atoms with E-state index in [2.05, 4.69) is 4.98 Å². The van der Waals surface area contributed by atoms with E-state index in [9.17, 15) is 13.2 Å². The van der Waals surface area contributed by atoms with Gasteiger partial charge in [-0.1, -0.05) is 6.07 Å². The summed E-state index contributed by atoms with van der Waals surface area (Å²) >= 11 is 0. The highest BCUT2D eigenvalue weighted by Crippen LogP contribution is 2.20. The van der Waals surface area contributed by atoms with Crippen LogP contribution in [0.1, 0.15) is 12.5 Å². The Labute approximate surface area is 91.5 Å². The number of aliphatic hydroxyl groups excluding tert-OH is 1. The first-order valence-corrected chi connectivity index (χ1v) is 4.83. The maximum Gasteiger partial charge on any atom is 0.405 e. The van der Waals surface area contributed by atoms with Crippen LogP contribution >= 0.6 is 0 Å². The number of alkyl halides is 3. The van der Waals surface area contributed by atoms with Crippen LogP contribution in [-0.2, 0) is 6.61 Å². The van der Waals surface area contributed by atoms with E-state index in [1.165, 1.54) is 12.3 Å². The lowest BCUT2D eigenvalue weighted by atomic mass is 10.3. The van der Waals surface area contributed by atoms with E-state index in [1.807, 2.05) is 0 Å². The van der Waals surface area contributed by atoms with Crippen molar-refractivity contribution >= 4 is 5.82 Å². The van der Waals surface area contributed by atoms with Gasteiger partial charge in [-0.3, -0.25) is 0 Å². The molecule has 0 radical (unpaired) electrons. The molecule has 0 bridgehead atoms. The predicted octanol–water partition coefficient (Wildman–Crippen LogP) is 1.96. The van der Waals surface area contributed by atoms with E-state index >= 15 is 0 Å². The van der Waals surface area contributed by atoms with Gasteiger partial charge in [-0.25, -0.2) is 4.98 Å². The highest BCUT2D eigenvalue weighted by atomic mass is 19.4. The normalized spacial score (nSPS) is 11.6. The van der Waals surface area contributed by atoms with Gasteiger partial charge in [-0.15, -0.1) is 0 Å². The molecule has 0 amide bonds. The molecule has 0 aromatic carbocycles. The van der Waals surface area contributed by atoms with Gasteiger partial charge in [0.25, 0.3) is 0 Å². The molecule has 1 aromatic rings. The predicted molar refractivity (Wildman–Crippen MR) is 54.1 cm³/mol. The Morgan fingerprint density at radius 1 is 1.38 bits per heavy atom. The monoisotopic (exact) mass is 234 g/mol. The molecule has 16 heavy (non-hydrogen) atoms. The van der Waals surface area contributed by atoms with Gasteiger partial charge < -0.3 is 10.0 Å². The zero-order chi connectivity index (χ0) is 12.2. The summed E-state index contributed by atoms with van der Waals surface area (Å²) in [6.07, 6.45) is -2.87. The highest BCUT2D eigenvalue weighted by Gasteiger charge is 2.30. The largest absolute Gasteiger partial charge is 0.405 e. The lowest BCUT2D eigenvalue weighted by Gasteiger charge is -2.23. The van der Waals surface area contributed by atoms with Crippen molar-refractivity contribution in [1.29, 1.82) is 0 Å². The molecule has 0 saturated carbocycles. The van der Waals surface area contributed by atoms with E-state index in [0.29, 0.717) is 5.56 Å². The molecule has 1 heterocycles. The van der Waals surface area contributed by atoms with Gasteiger partial charge in [0.1, 0.15) is 12.4 Å². The Bertz CT molecular complexity index is 324. The summed E-state index contributed by atoms with van der Waals surface area (Å²) in [7, 11) is 0.